The smallest absolute Gasteiger partial charge is 0.253 e. The molecule has 1 atom stereocenters. The van der Waals surface area contributed by atoms with Crippen LogP contribution in [-0.2, 0) is 22.4 Å². The summed E-state index contributed by atoms with van der Waals surface area (Å²) in [6, 6.07) is 9.24. The Kier molecular flexibility index (Phi) is 4.59. The molecular formula is C23H22N4O3. The first-order chi connectivity index (χ1) is 14.6. The molecule has 3 aromatic rings. The fourth-order valence-corrected chi connectivity index (χ4v) is 4.11. The van der Waals surface area contributed by atoms with Crippen LogP contribution in [0.15, 0.2) is 47.0 Å². The van der Waals surface area contributed by atoms with Gasteiger partial charge < -0.3 is 15.5 Å². The Hall–Kier alpha value is -3.45. The van der Waals surface area contributed by atoms with Gasteiger partial charge in [-0.15, -0.1) is 0 Å². The Morgan fingerprint density at radius 1 is 1.30 bits per heavy atom. The minimum atomic E-state index is -0.580. The Labute approximate surface area is 173 Å². The van der Waals surface area contributed by atoms with Crippen LogP contribution in [0.25, 0.3) is 17.0 Å². The topological polar surface area (TPSA) is 101 Å². The maximum absolute atomic E-state index is 13.0. The molecule has 1 unspecified atom stereocenters. The number of para-hydroxylation sites is 1. The first kappa shape index (κ1) is 18.6. The van der Waals surface area contributed by atoms with Gasteiger partial charge in [0, 0.05) is 36.2 Å². The van der Waals surface area contributed by atoms with Crippen LogP contribution >= 0.6 is 0 Å². The number of aromatic nitrogens is 1. The molecule has 5 rings (SSSR count). The van der Waals surface area contributed by atoms with E-state index in [1.165, 1.54) is 0 Å². The molecule has 4 heterocycles. The van der Waals surface area contributed by atoms with Gasteiger partial charge in [-0.1, -0.05) is 18.2 Å². The molecular weight excluding hydrogens is 380 g/mol. The first-order valence-electron chi connectivity index (χ1n) is 10.2. The SMILES string of the molecule is NC1Cc2cc(/C=C/C(=O)N3CCCCc4c3oc3ccccc43)cnc2NC1=O. The van der Waals surface area contributed by atoms with Gasteiger partial charge in [-0.05, 0) is 48.6 Å². The van der Waals surface area contributed by atoms with Crippen LogP contribution in [-0.4, -0.2) is 29.4 Å². The largest absolute Gasteiger partial charge is 0.440 e. The van der Waals surface area contributed by atoms with E-state index < -0.39 is 6.04 Å². The summed E-state index contributed by atoms with van der Waals surface area (Å²) in [4.78, 5) is 30.7. The summed E-state index contributed by atoms with van der Waals surface area (Å²) >= 11 is 0. The molecule has 0 spiro atoms. The van der Waals surface area contributed by atoms with E-state index in [0.29, 0.717) is 24.7 Å². The second kappa shape index (κ2) is 7.42. The minimum absolute atomic E-state index is 0.125. The zero-order valence-corrected chi connectivity index (χ0v) is 16.4. The van der Waals surface area contributed by atoms with Crippen LogP contribution in [0.2, 0.25) is 0 Å². The standard InChI is InChI=1S/C23H22N4O3/c24-18-12-15-11-14(13-25-21(15)26-22(18)29)8-9-20(28)27-10-4-3-6-17-16-5-1-2-7-19(16)30-23(17)27/h1-2,5,7-9,11,13,18H,3-4,6,10,12,24H2,(H,25,26,29)/b9-8+. The quantitative estimate of drug-likeness (QED) is 0.642. The zero-order valence-electron chi connectivity index (χ0n) is 16.4. The van der Waals surface area contributed by atoms with Gasteiger partial charge in [0.1, 0.15) is 11.4 Å². The van der Waals surface area contributed by atoms with Crippen molar-refractivity contribution >= 4 is 40.6 Å². The second-order valence-electron chi connectivity index (χ2n) is 7.74. The number of hydrogen-bond donors (Lipinski definition) is 2. The van der Waals surface area contributed by atoms with Gasteiger partial charge in [0.15, 0.2) is 0 Å². The third kappa shape index (κ3) is 3.27. The lowest BCUT2D eigenvalue weighted by molar-refractivity contribution is -0.117. The Morgan fingerprint density at radius 3 is 3.07 bits per heavy atom. The van der Waals surface area contributed by atoms with Crippen LogP contribution in [0.3, 0.4) is 0 Å². The third-order valence-corrected chi connectivity index (χ3v) is 5.67. The molecule has 7 heteroatoms. The number of nitrogens with zero attached hydrogens (tertiary/aromatic N) is 2. The normalized spacial score (nSPS) is 18.8. The highest BCUT2D eigenvalue weighted by Crippen LogP contribution is 2.36. The summed E-state index contributed by atoms with van der Waals surface area (Å²) in [6.07, 6.45) is 8.20. The van der Waals surface area contributed by atoms with Crippen molar-refractivity contribution in [1.82, 2.24) is 4.98 Å². The number of furan rings is 1. The van der Waals surface area contributed by atoms with Crippen molar-refractivity contribution in [3.63, 3.8) is 0 Å². The number of carbonyl (C=O) groups excluding carboxylic acids is 2. The third-order valence-electron chi connectivity index (χ3n) is 5.67. The maximum atomic E-state index is 13.0. The number of pyridine rings is 1. The molecule has 2 aliphatic heterocycles. The van der Waals surface area contributed by atoms with E-state index in [2.05, 4.69) is 10.3 Å². The van der Waals surface area contributed by atoms with Gasteiger partial charge in [-0.25, -0.2) is 4.98 Å². The zero-order chi connectivity index (χ0) is 20.7. The number of benzene rings is 1. The van der Waals surface area contributed by atoms with Crippen LogP contribution in [0.5, 0.6) is 0 Å². The molecule has 2 aromatic heterocycles. The van der Waals surface area contributed by atoms with E-state index in [9.17, 15) is 9.59 Å². The number of fused-ring (bicyclic) bond motifs is 4. The highest BCUT2D eigenvalue weighted by atomic mass is 16.4. The number of aryl methyl sites for hydroxylation is 1. The Bertz CT molecular complexity index is 1180. The molecule has 0 bridgehead atoms. The van der Waals surface area contributed by atoms with Crippen molar-refractivity contribution in [3.05, 3.63) is 59.3 Å². The van der Waals surface area contributed by atoms with Gasteiger partial charge >= 0.3 is 0 Å². The molecule has 3 N–H and O–H groups in total. The fourth-order valence-electron chi connectivity index (χ4n) is 4.11. The van der Waals surface area contributed by atoms with Gasteiger partial charge in [-0.3, -0.25) is 14.5 Å². The van der Waals surface area contributed by atoms with Crippen molar-refractivity contribution in [1.29, 1.82) is 0 Å². The van der Waals surface area contributed by atoms with E-state index in [1.54, 1.807) is 23.2 Å². The van der Waals surface area contributed by atoms with Crippen LogP contribution < -0.4 is 16.0 Å². The summed E-state index contributed by atoms with van der Waals surface area (Å²) in [6.45, 7) is 0.624. The van der Waals surface area contributed by atoms with Crippen molar-refractivity contribution < 1.29 is 14.0 Å². The molecule has 0 aliphatic carbocycles. The number of anilines is 2. The predicted octanol–water partition coefficient (Wildman–Crippen LogP) is 3.03. The molecule has 0 fully saturated rings. The Balaban J connectivity index is 1.41. The molecule has 2 amide bonds. The van der Waals surface area contributed by atoms with Crippen LogP contribution in [0.1, 0.15) is 29.5 Å². The summed E-state index contributed by atoms with van der Waals surface area (Å²) in [5.74, 6) is 0.835. The van der Waals surface area contributed by atoms with E-state index >= 15 is 0 Å². The van der Waals surface area contributed by atoms with E-state index in [0.717, 1.165) is 46.9 Å². The summed E-state index contributed by atoms with van der Waals surface area (Å²) in [7, 11) is 0. The van der Waals surface area contributed by atoms with Crippen molar-refractivity contribution in [2.75, 3.05) is 16.8 Å². The summed E-state index contributed by atoms with van der Waals surface area (Å²) in [5, 5.41) is 3.77. The number of amides is 2. The van der Waals surface area contributed by atoms with Crippen molar-refractivity contribution in [3.8, 4) is 0 Å². The second-order valence-corrected chi connectivity index (χ2v) is 7.74. The van der Waals surface area contributed by atoms with E-state index in [1.807, 2.05) is 30.3 Å². The lowest BCUT2D eigenvalue weighted by atomic mass is 10.0. The van der Waals surface area contributed by atoms with Crippen LogP contribution in [0, 0.1) is 0 Å². The summed E-state index contributed by atoms with van der Waals surface area (Å²) in [5.41, 5.74) is 9.39. The first-order valence-corrected chi connectivity index (χ1v) is 10.2. The molecule has 152 valence electrons. The molecule has 0 saturated carbocycles. The van der Waals surface area contributed by atoms with Crippen LogP contribution in [0.4, 0.5) is 11.7 Å². The number of rotatable bonds is 2. The van der Waals surface area contributed by atoms with Crippen molar-refractivity contribution in [2.24, 2.45) is 5.73 Å². The molecule has 1 aromatic carbocycles. The van der Waals surface area contributed by atoms with E-state index in [-0.39, 0.29) is 11.8 Å². The predicted molar refractivity (Wildman–Crippen MR) is 115 cm³/mol. The van der Waals surface area contributed by atoms with Gasteiger partial charge in [0.25, 0.3) is 5.91 Å². The number of carbonyl (C=O) groups is 2. The average molecular weight is 402 g/mol. The fraction of sp³-hybridized carbons (Fsp3) is 0.261. The lowest BCUT2D eigenvalue weighted by Crippen LogP contribution is -2.41. The molecule has 2 aliphatic rings. The molecule has 0 saturated heterocycles. The van der Waals surface area contributed by atoms with Crippen molar-refractivity contribution in [2.45, 2.75) is 31.7 Å². The van der Waals surface area contributed by atoms with Gasteiger partial charge in [-0.2, -0.15) is 0 Å². The summed E-state index contributed by atoms with van der Waals surface area (Å²) < 4.78 is 6.06. The lowest BCUT2D eigenvalue weighted by Gasteiger charge is -2.21. The maximum Gasteiger partial charge on any atom is 0.253 e. The highest BCUT2D eigenvalue weighted by Gasteiger charge is 2.26. The molecule has 7 nitrogen and oxygen atoms in total. The highest BCUT2D eigenvalue weighted by molar-refractivity contribution is 6.05. The average Bonchev–Trinajstić information content (AvgIpc) is 2.98. The monoisotopic (exact) mass is 402 g/mol. The minimum Gasteiger partial charge on any atom is -0.440 e. The van der Waals surface area contributed by atoms with Gasteiger partial charge in [0.2, 0.25) is 11.8 Å². The number of nitrogens with one attached hydrogen (secondary N) is 1. The molecule has 0 radical (unpaired) electrons. The van der Waals surface area contributed by atoms with E-state index in [4.69, 9.17) is 10.2 Å². The van der Waals surface area contributed by atoms with Gasteiger partial charge in [0.05, 0.1) is 6.04 Å². The molecule has 30 heavy (non-hydrogen) atoms. The Morgan fingerprint density at radius 2 is 2.17 bits per heavy atom. The number of hydrogen-bond acceptors (Lipinski definition) is 5. The number of nitrogens with two attached hydrogens (primary N) is 1.